The van der Waals surface area contributed by atoms with Crippen LogP contribution in [0.25, 0.3) is 0 Å². The van der Waals surface area contributed by atoms with Gasteiger partial charge >= 0.3 is 0 Å². The SMILES string of the molecule is CC(C)N(CC(=O)N(Cc1ccco1)Cc1cccn1C)C(=O)CC(C)(C)C. The largest absolute Gasteiger partial charge is 0.467 e. The molecule has 0 saturated heterocycles. The highest BCUT2D eigenvalue weighted by molar-refractivity contribution is 5.85. The number of carbonyl (C=O) groups is 2. The van der Waals surface area contributed by atoms with E-state index in [1.165, 1.54) is 0 Å². The van der Waals surface area contributed by atoms with Crippen molar-refractivity contribution in [3.05, 3.63) is 48.2 Å². The topological polar surface area (TPSA) is 58.7 Å². The summed E-state index contributed by atoms with van der Waals surface area (Å²) in [6.07, 6.45) is 3.97. The van der Waals surface area contributed by atoms with E-state index in [0.717, 1.165) is 11.5 Å². The first-order chi connectivity index (χ1) is 13.1. The zero-order valence-corrected chi connectivity index (χ0v) is 17.9. The molecule has 6 heteroatoms. The van der Waals surface area contributed by atoms with Gasteiger partial charge in [0, 0.05) is 31.4 Å². The number of carbonyl (C=O) groups excluding carboxylic acids is 2. The molecule has 0 aliphatic rings. The molecule has 0 saturated carbocycles. The van der Waals surface area contributed by atoms with Crippen molar-refractivity contribution in [1.29, 1.82) is 0 Å². The van der Waals surface area contributed by atoms with Crippen molar-refractivity contribution < 1.29 is 14.0 Å². The van der Waals surface area contributed by atoms with Gasteiger partial charge in [0.25, 0.3) is 0 Å². The van der Waals surface area contributed by atoms with E-state index in [1.807, 2.05) is 76.7 Å². The molecule has 0 radical (unpaired) electrons. The minimum absolute atomic E-state index is 0.00710. The monoisotopic (exact) mass is 387 g/mol. The van der Waals surface area contributed by atoms with Gasteiger partial charge in [0.05, 0.1) is 19.4 Å². The molecule has 28 heavy (non-hydrogen) atoms. The van der Waals surface area contributed by atoms with Crippen LogP contribution in [0.5, 0.6) is 0 Å². The summed E-state index contributed by atoms with van der Waals surface area (Å²) in [5.74, 6) is 0.640. The molecule has 0 aromatic carbocycles. The Hall–Kier alpha value is -2.50. The predicted molar refractivity (Wildman–Crippen MR) is 109 cm³/mol. The molecule has 154 valence electrons. The van der Waals surface area contributed by atoms with Crippen LogP contribution in [0.1, 0.15) is 52.5 Å². The van der Waals surface area contributed by atoms with Crippen molar-refractivity contribution >= 4 is 11.8 Å². The summed E-state index contributed by atoms with van der Waals surface area (Å²) in [6, 6.07) is 7.58. The molecule has 0 atom stereocenters. The van der Waals surface area contributed by atoms with E-state index in [0.29, 0.717) is 19.5 Å². The lowest BCUT2D eigenvalue weighted by atomic mass is 9.91. The number of nitrogens with zero attached hydrogens (tertiary/aromatic N) is 3. The normalized spacial score (nSPS) is 11.7. The molecule has 2 aromatic rings. The van der Waals surface area contributed by atoms with Crippen molar-refractivity contribution in [2.75, 3.05) is 6.54 Å². The summed E-state index contributed by atoms with van der Waals surface area (Å²) in [6.45, 7) is 10.9. The summed E-state index contributed by atoms with van der Waals surface area (Å²) in [5.41, 5.74) is 0.904. The minimum atomic E-state index is -0.121. The van der Waals surface area contributed by atoms with Crippen LogP contribution in [-0.4, -0.2) is 38.8 Å². The first-order valence-electron chi connectivity index (χ1n) is 9.76. The maximum atomic E-state index is 13.2. The van der Waals surface area contributed by atoms with E-state index >= 15 is 0 Å². The van der Waals surface area contributed by atoms with Crippen molar-refractivity contribution in [3.8, 4) is 0 Å². The van der Waals surface area contributed by atoms with Gasteiger partial charge in [0.1, 0.15) is 12.3 Å². The van der Waals surface area contributed by atoms with Gasteiger partial charge in [0.2, 0.25) is 11.8 Å². The zero-order valence-electron chi connectivity index (χ0n) is 17.9. The predicted octanol–water partition coefficient (Wildman–Crippen LogP) is 3.82. The summed E-state index contributed by atoms with van der Waals surface area (Å²) in [5, 5.41) is 0. The second kappa shape index (κ2) is 9.13. The third-order valence-corrected chi connectivity index (χ3v) is 4.61. The van der Waals surface area contributed by atoms with Crippen molar-refractivity contribution in [1.82, 2.24) is 14.4 Å². The van der Waals surface area contributed by atoms with Gasteiger partial charge in [-0.05, 0) is 43.5 Å². The van der Waals surface area contributed by atoms with Gasteiger partial charge in [-0.25, -0.2) is 0 Å². The van der Waals surface area contributed by atoms with Crippen LogP contribution >= 0.6 is 0 Å². The molecule has 0 bridgehead atoms. The highest BCUT2D eigenvalue weighted by atomic mass is 16.3. The number of hydrogen-bond donors (Lipinski definition) is 0. The van der Waals surface area contributed by atoms with Crippen LogP contribution in [0.2, 0.25) is 0 Å². The van der Waals surface area contributed by atoms with E-state index < -0.39 is 0 Å². The smallest absolute Gasteiger partial charge is 0.242 e. The Morgan fingerprint density at radius 3 is 2.32 bits per heavy atom. The number of amides is 2. The lowest BCUT2D eigenvalue weighted by Gasteiger charge is -2.32. The fourth-order valence-corrected chi connectivity index (χ4v) is 3.04. The molecular formula is C22H33N3O3. The Balaban J connectivity index is 2.17. The molecule has 0 unspecified atom stereocenters. The quantitative estimate of drug-likeness (QED) is 0.692. The molecule has 2 amide bonds. The fraction of sp³-hybridized carbons (Fsp3) is 0.545. The molecule has 0 spiro atoms. The summed E-state index contributed by atoms with van der Waals surface area (Å²) >= 11 is 0. The van der Waals surface area contributed by atoms with Crippen LogP contribution < -0.4 is 0 Å². The van der Waals surface area contributed by atoms with Gasteiger partial charge in [-0.1, -0.05) is 20.8 Å². The average molecular weight is 388 g/mol. The second-order valence-electron chi connectivity index (χ2n) is 8.79. The Kier molecular flexibility index (Phi) is 7.11. The van der Waals surface area contributed by atoms with Crippen molar-refractivity contribution in [2.24, 2.45) is 12.5 Å². The Labute approximate surface area is 168 Å². The summed E-state index contributed by atoms with van der Waals surface area (Å²) in [7, 11) is 1.96. The van der Waals surface area contributed by atoms with Crippen LogP contribution in [0, 0.1) is 5.41 Å². The van der Waals surface area contributed by atoms with Crippen molar-refractivity contribution in [2.45, 2.75) is 60.2 Å². The molecule has 2 heterocycles. The Bertz CT molecular complexity index is 769. The van der Waals surface area contributed by atoms with E-state index in [1.54, 1.807) is 16.1 Å². The number of hydrogen-bond acceptors (Lipinski definition) is 3. The average Bonchev–Trinajstić information content (AvgIpc) is 3.22. The summed E-state index contributed by atoms with van der Waals surface area (Å²) < 4.78 is 7.44. The fourth-order valence-electron chi connectivity index (χ4n) is 3.04. The van der Waals surface area contributed by atoms with Gasteiger partial charge < -0.3 is 18.8 Å². The zero-order chi connectivity index (χ0) is 20.9. The van der Waals surface area contributed by atoms with Gasteiger partial charge in [-0.3, -0.25) is 9.59 Å². The van der Waals surface area contributed by atoms with E-state index in [-0.39, 0.29) is 29.8 Å². The Morgan fingerprint density at radius 2 is 1.82 bits per heavy atom. The molecule has 2 aromatic heterocycles. The van der Waals surface area contributed by atoms with Crippen LogP contribution in [-0.2, 0) is 29.7 Å². The molecule has 6 nitrogen and oxygen atoms in total. The van der Waals surface area contributed by atoms with Crippen molar-refractivity contribution in [3.63, 3.8) is 0 Å². The lowest BCUT2D eigenvalue weighted by Crippen LogP contribution is -2.46. The Morgan fingerprint density at radius 1 is 1.11 bits per heavy atom. The standard InChI is InChI=1S/C22H33N3O3/c1-17(2)25(20(26)13-22(3,4)5)16-21(27)24(15-19-10-8-12-28-19)14-18-9-7-11-23(18)6/h7-12,17H,13-16H2,1-6H3. The van der Waals surface area contributed by atoms with Gasteiger partial charge in [-0.15, -0.1) is 0 Å². The second-order valence-corrected chi connectivity index (χ2v) is 8.79. The highest BCUT2D eigenvalue weighted by Crippen LogP contribution is 2.21. The number of aryl methyl sites for hydroxylation is 1. The highest BCUT2D eigenvalue weighted by Gasteiger charge is 2.27. The third-order valence-electron chi connectivity index (χ3n) is 4.61. The molecule has 2 rings (SSSR count). The van der Waals surface area contributed by atoms with Gasteiger partial charge in [0.15, 0.2) is 0 Å². The molecular weight excluding hydrogens is 354 g/mol. The maximum Gasteiger partial charge on any atom is 0.242 e. The van der Waals surface area contributed by atoms with E-state index in [9.17, 15) is 9.59 Å². The first kappa shape index (κ1) is 21.8. The van der Waals surface area contributed by atoms with E-state index in [2.05, 4.69) is 0 Å². The minimum Gasteiger partial charge on any atom is -0.467 e. The molecule has 0 fully saturated rings. The van der Waals surface area contributed by atoms with Crippen LogP contribution in [0.4, 0.5) is 0 Å². The lowest BCUT2D eigenvalue weighted by molar-refractivity contribution is -0.144. The van der Waals surface area contributed by atoms with Crippen LogP contribution in [0.3, 0.4) is 0 Å². The molecule has 0 aliphatic heterocycles. The number of rotatable bonds is 8. The number of aromatic nitrogens is 1. The van der Waals surface area contributed by atoms with Crippen LogP contribution in [0.15, 0.2) is 41.1 Å². The summed E-state index contributed by atoms with van der Waals surface area (Å²) in [4.78, 5) is 29.4. The first-order valence-corrected chi connectivity index (χ1v) is 9.76. The van der Waals surface area contributed by atoms with Gasteiger partial charge in [-0.2, -0.15) is 0 Å². The molecule has 0 aliphatic carbocycles. The third kappa shape index (κ3) is 6.29. The van der Waals surface area contributed by atoms with E-state index in [4.69, 9.17) is 4.42 Å². The maximum absolute atomic E-state index is 13.2. The number of furan rings is 1. The molecule has 0 N–H and O–H groups in total.